The average Bonchev–Trinajstić information content (AvgIpc) is 2.95. The van der Waals surface area contributed by atoms with Gasteiger partial charge >= 0.3 is 0 Å². The van der Waals surface area contributed by atoms with Crippen molar-refractivity contribution in [3.63, 3.8) is 0 Å². The number of halogens is 1. The maximum absolute atomic E-state index is 12.5. The van der Waals surface area contributed by atoms with Crippen molar-refractivity contribution in [1.29, 1.82) is 0 Å². The second-order valence-electron chi connectivity index (χ2n) is 6.71. The van der Waals surface area contributed by atoms with Gasteiger partial charge in [0.25, 0.3) is 0 Å². The molecule has 0 radical (unpaired) electrons. The van der Waals surface area contributed by atoms with Gasteiger partial charge in [0.05, 0.1) is 18.1 Å². The molecule has 22 heavy (non-hydrogen) atoms. The molecule has 2 saturated heterocycles. The lowest BCUT2D eigenvalue weighted by molar-refractivity contribution is -0.133. The van der Waals surface area contributed by atoms with E-state index in [1.807, 2.05) is 6.92 Å². The number of nitrogens with zero attached hydrogens (tertiary/aromatic N) is 2. The number of amides is 1. The topological polar surface area (TPSA) is 83.7 Å². The summed E-state index contributed by atoms with van der Waals surface area (Å²) in [6.07, 6.45) is 1.59. The van der Waals surface area contributed by atoms with Crippen LogP contribution >= 0.6 is 12.4 Å². The first-order chi connectivity index (χ1) is 9.78. The summed E-state index contributed by atoms with van der Waals surface area (Å²) in [5.74, 6) is 0.365. The van der Waals surface area contributed by atoms with Crippen LogP contribution in [0.25, 0.3) is 0 Å². The second-order valence-corrected chi connectivity index (χ2v) is 8.94. The van der Waals surface area contributed by atoms with Gasteiger partial charge in [-0.05, 0) is 38.3 Å². The molecule has 6 nitrogen and oxygen atoms in total. The molecule has 2 rings (SSSR count). The largest absolute Gasteiger partial charge is 0.338 e. The zero-order valence-corrected chi connectivity index (χ0v) is 15.1. The van der Waals surface area contributed by atoms with Gasteiger partial charge in [-0.2, -0.15) is 0 Å². The molecular formula is C14H28ClN3O3S. The minimum Gasteiger partial charge on any atom is -0.338 e. The molecule has 2 fully saturated rings. The van der Waals surface area contributed by atoms with E-state index in [2.05, 4.69) is 11.8 Å². The van der Waals surface area contributed by atoms with Crippen LogP contribution in [0.5, 0.6) is 0 Å². The predicted molar refractivity (Wildman–Crippen MR) is 89.9 cm³/mol. The Labute approximate surface area is 139 Å². The molecule has 130 valence electrons. The fraction of sp³-hybridized carbons (Fsp3) is 0.929. The fourth-order valence-electron chi connectivity index (χ4n) is 3.37. The third-order valence-corrected chi connectivity index (χ3v) is 6.55. The molecule has 0 aromatic carbocycles. The Morgan fingerprint density at radius 1 is 1.45 bits per heavy atom. The lowest BCUT2D eigenvalue weighted by Crippen LogP contribution is -2.46. The van der Waals surface area contributed by atoms with E-state index < -0.39 is 9.84 Å². The summed E-state index contributed by atoms with van der Waals surface area (Å²) in [6, 6.07) is -0.143. The monoisotopic (exact) mass is 353 g/mol. The van der Waals surface area contributed by atoms with Crippen LogP contribution in [-0.2, 0) is 14.6 Å². The minimum absolute atomic E-state index is 0. The summed E-state index contributed by atoms with van der Waals surface area (Å²) >= 11 is 0. The number of likely N-dealkylation sites (N-methyl/N-ethyl adjacent to an activating group) is 1. The number of rotatable bonds is 5. The number of hydrogen-bond donors (Lipinski definition) is 1. The molecule has 0 aliphatic carbocycles. The highest BCUT2D eigenvalue weighted by molar-refractivity contribution is 7.91. The van der Waals surface area contributed by atoms with Crippen molar-refractivity contribution in [1.82, 2.24) is 9.80 Å². The Morgan fingerprint density at radius 2 is 2.14 bits per heavy atom. The molecule has 1 amide bonds. The molecule has 8 heteroatoms. The molecule has 2 aliphatic heterocycles. The van der Waals surface area contributed by atoms with Gasteiger partial charge in [-0.15, -0.1) is 12.4 Å². The van der Waals surface area contributed by atoms with Crippen LogP contribution in [0, 0.1) is 5.41 Å². The number of hydrogen-bond acceptors (Lipinski definition) is 5. The molecule has 2 unspecified atom stereocenters. The average molecular weight is 354 g/mol. The molecule has 2 aliphatic rings. The zero-order chi connectivity index (χ0) is 15.7. The third-order valence-electron chi connectivity index (χ3n) is 4.80. The van der Waals surface area contributed by atoms with Crippen LogP contribution in [0.15, 0.2) is 0 Å². The molecule has 0 spiro atoms. The van der Waals surface area contributed by atoms with Crippen molar-refractivity contribution >= 4 is 28.2 Å². The van der Waals surface area contributed by atoms with Crippen molar-refractivity contribution < 1.29 is 13.2 Å². The quantitative estimate of drug-likeness (QED) is 0.758. The van der Waals surface area contributed by atoms with E-state index in [0.29, 0.717) is 26.1 Å². The zero-order valence-electron chi connectivity index (χ0n) is 13.5. The minimum atomic E-state index is -2.96. The number of carbonyl (C=O) groups is 1. The van der Waals surface area contributed by atoms with Gasteiger partial charge in [-0.1, -0.05) is 6.92 Å². The van der Waals surface area contributed by atoms with E-state index in [0.717, 1.165) is 19.5 Å². The van der Waals surface area contributed by atoms with Crippen LogP contribution in [0.3, 0.4) is 0 Å². The van der Waals surface area contributed by atoms with Gasteiger partial charge in [-0.25, -0.2) is 8.42 Å². The normalized spacial score (nSPS) is 31.0. The van der Waals surface area contributed by atoms with Crippen molar-refractivity contribution in [2.75, 3.05) is 44.2 Å². The molecular weight excluding hydrogens is 326 g/mol. The van der Waals surface area contributed by atoms with Crippen LogP contribution in [-0.4, -0.2) is 74.4 Å². The predicted octanol–water partition coefficient (Wildman–Crippen LogP) is 0.115. The van der Waals surface area contributed by atoms with Crippen molar-refractivity contribution in [2.45, 2.75) is 32.7 Å². The van der Waals surface area contributed by atoms with Gasteiger partial charge in [0.2, 0.25) is 5.91 Å². The number of nitrogens with two attached hydrogens (primary N) is 1. The van der Waals surface area contributed by atoms with E-state index >= 15 is 0 Å². The first-order valence-electron chi connectivity index (χ1n) is 7.71. The number of sulfone groups is 1. The van der Waals surface area contributed by atoms with Crippen LogP contribution in [0.2, 0.25) is 0 Å². The first-order valence-corrected chi connectivity index (χ1v) is 9.53. The Kier molecular flexibility index (Phi) is 6.68. The van der Waals surface area contributed by atoms with Crippen LogP contribution < -0.4 is 5.73 Å². The van der Waals surface area contributed by atoms with E-state index in [4.69, 9.17) is 5.73 Å². The highest BCUT2D eigenvalue weighted by Gasteiger charge is 2.37. The van der Waals surface area contributed by atoms with E-state index in [1.54, 1.807) is 4.90 Å². The summed E-state index contributed by atoms with van der Waals surface area (Å²) < 4.78 is 23.2. The van der Waals surface area contributed by atoms with Gasteiger partial charge in [0.1, 0.15) is 0 Å². The Bertz CT molecular complexity index is 500. The molecule has 0 bridgehead atoms. The Hall–Kier alpha value is -0.370. The third kappa shape index (κ3) is 4.57. The first kappa shape index (κ1) is 19.7. The molecule has 0 aromatic rings. The van der Waals surface area contributed by atoms with Crippen molar-refractivity contribution in [3.8, 4) is 0 Å². The highest BCUT2D eigenvalue weighted by Crippen LogP contribution is 2.28. The molecule has 0 aromatic heterocycles. The number of carbonyl (C=O) groups excluding carboxylic acids is 1. The van der Waals surface area contributed by atoms with Crippen LogP contribution in [0.1, 0.15) is 26.7 Å². The Morgan fingerprint density at radius 3 is 2.59 bits per heavy atom. The smallest absolute Gasteiger partial charge is 0.237 e. The lowest BCUT2D eigenvalue weighted by atomic mass is 9.90. The van der Waals surface area contributed by atoms with Crippen LogP contribution in [0.4, 0.5) is 0 Å². The van der Waals surface area contributed by atoms with Gasteiger partial charge in [0, 0.05) is 19.1 Å². The van der Waals surface area contributed by atoms with Crippen molar-refractivity contribution in [3.05, 3.63) is 0 Å². The summed E-state index contributed by atoms with van der Waals surface area (Å²) in [4.78, 5) is 16.4. The SMILES string of the molecule is CCN(C(=O)CN1CCC(C)(CN)C1)C1CCS(=O)(=O)C1.Cl. The molecule has 2 atom stereocenters. The fourth-order valence-corrected chi connectivity index (χ4v) is 5.10. The molecule has 2 N–H and O–H groups in total. The van der Waals surface area contributed by atoms with E-state index in [1.165, 1.54) is 0 Å². The van der Waals surface area contributed by atoms with Gasteiger partial charge < -0.3 is 10.6 Å². The maximum Gasteiger partial charge on any atom is 0.237 e. The van der Waals surface area contributed by atoms with E-state index in [9.17, 15) is 13.2 Å². The van der Waals surface area contributed by atoms with Crippen molar-refractivity contribution in [2.24, 2.45) is 11.1 Å². The summed E-state index contributed by atoms with van der Waals surface area (Å²) in [5, 5.41) is 0. The maximum atomic E-state index is 12.5. The molecule has 0 saturated carbocycles. The van der Waals surface area contributed by atoms with Gasteiger partial charge in [0.15, 0.2) is 9.84 Å². The number of likely N-dealkylation sites (tertiary alicyclic amines) is 1. The summed E-state index contributed by atoms with van der Waals surface area (Å²) in [5.41, 5.74) is 5.89. The van der Waals surface area contributed by atoms with Gasteiger partial charge in [-0.3, -0.25) is 9.69 Å². The standard InChI is InChI=1S/C14H27N3O3S.ClH/c1-3-17(12-4-7-21(19,20)9-12)13(18)8-16-6-5-14(2,10-15)11-16;/h12H,3-11,15H2,1-2H3;1H. The van der Waals surface area contributed by atoms with E-state index in [-0.39, 0.29) is 41.3 Å². The lowest BCUT2D eigenvalue weighted by Gasteiger charge is -2.29. The highest BCUT2D eigenvalue weighted by atomic mass is 35.5. The summed E-state index contributed by atoms with van der Waals surface area (Å²) in [7, 11) is -2.96. The summed E-state index contributed by atoms with van der Waals surface area (Å²) in [6.45, 7) is 7.38. The molecule has 2 heterocycles. The Balaban J connectivity index is 0.00000242. The second kappa shape index (κ2) is 7.47.